The quantitative estimate of drug-likeness (QED) is 0.351. The smallest absolute Gasteiger partial charge is 0.313 e. The van der Waals surface area contributed by atoms with E-state index in [0.29, 0.717) is 18.4 Å². The highest BCUT2D eigenvalue weighted by atomic mass is 16.6. The van der Waals surface area contributed by atoms with Crippen molar-refractivity contribution in [1.29, 1.82) is 0 Å². The normalized spacial score (nSPS) is 31.3. The van der Waals surface area contributed by atoms with Crippen molar-refractivity contribution in [3.63, 3.8) is 0 Å². The Morgan fingerprint density at radius 2 is 1.72 bits per heavy atom. The van der Waals surface area contributed by atoms with Gasteiger partial charge in [0, 0.05) is 19.5 Å². The van der Waals surface area contributed by atoms with Crippen molar-refractivity contribution < 1.29 is 33.8 Å². The van der Waals surface area contributed by atoms with Crippen LogP contribution in [0.25, 0.3) is 0 Å². The summed E-state index contributed by atoms with van der Waals surface area (Å²) < 4.78 is 12.7. The summed E-state index contributed by atoms with van der Waals surface area (Å²) in [6.45, 7) is 4.15. The molecule has 6 rings (SSSR count). The number of likely N-dealkylation sites (tertiary alicyclic amines) is 1. The van der Waals surface area contributed by atoms with Gasteiger partial charge in [0.15, 0.2) is 0 Å². The third-order valence-corrected chi connectivity index (χ3v) is 10.1. The largest absolute Gasteiger partial charge is 0.455 e. The molecule has 248 valence electrons. The molecule has 47 heavy (non-hydrogen) atoms. The number of nitrogens with zero attached hydrogens (tertiary/aromatic N) is 2. The van der Waals surface area contributed by atoms with Crippen LogP contribution in [0, 0.1) is 17.8 Å². The molecular formula is C37H43N3O7. The number of carbonyl (C=O) groups excluding carboxylic acids is 4. The minimum absolute atomic E-state index is 0.0643. The van der Waals surface area contributed by atoms with Crippen LogP contribution >= 0.6 is 0 Å². The number of cyclic esters (lactones) is 1. The third kappa shape index (κ3) is 6.12. The lowest BCUT2D eigenvalue weighted by molar-refractivity contribution is -0.161. The van der Waals surface area contributed by atoms with E-state index >= 15 is 0 Å². The zero-order valence-electron chi connectivity index (χ0n) is 26.9. The molecule has 3 amide bonds. The van der Waals surface area contributed by atoms with Crippen LogP contribution in [-0.2, 0) is 35.2 Å². The summed E-state index contributed by atoms with van der Waals surface area (Å²) in [5.41, 5.74) is 0.201. The van der Waals surface area contributed by atoms with Crippen LogP contribution in [0.3, 0.4) is 0 Å². The van der Waals surface area contributed by atoms with Crippen molar-refractivity contribution in [2.75, 3.05) is 19.7 Å². The lowest BCUT2D eigenvalue weighted by Gasteiger charge is -2.40. The summed E-state index contributed by atoms with van der Waals surface area (Å²) in [5, 5.41) is 13.6. The number of hydrogen-bond acceptors (Lipinski definition) is 7. The summed E-state index contributed by atoms with van der Waals surface area (Å²) in [6, 6.07) is 17.0. The molecule has 0 aliphatic carbocycles. The standard InChI is InChI=1S/C37H43N3O7/c1-3-24(2)27(23-41)40-33-35(44)39(22-25-13-7-4-8-14-25)20-12-6-11-17-30(42)38-21-29(26-15-9-5-10-16-26)46-36(45)31-28-18-19-37(33,47-28)32(31)34(40)43/h4-10,12-16,18-19,24,27-29,31-33,41H,3,11,17,20-23H2,1-2H3,(H,38,42)/b12-6-/t24-,27-,28-,29-,31+,32+,33-,37+/m0/s1. The molecule has 0 radical (unpaired) electrons. The highest BCUT2D eigenvalue weighted by molar-refractivity contribution is 5.99. The van der Waals surface area contributed by atoms with E-state index in [-0.39, 0.29) is 50.4 Å². The molecule has 4 aliphatic rings. The van der Waals surface area contributed by atoms with Gasteiger partial charge in [0.05, 0.1) is 31.2 Å². The Balaban J connectivity index is 1.44. The number of aliphatic hydroxyl groups is 1. The van der Waals surface area contributed by atoms with Gasteiger partial charge in [0.2, 0.25) is 17.7 Å². The molecule has 2 saturated heterocycles. The molecule has 10 heteroatoms. The first kappa shape index (κ1) is 32.7. The molecule has 8 atom stereocenters. The second-order valence-electron chi connectivity index (χ2n) is 12.9. The Labute approximate surface area is 275 Å². The summed E-state index contributed by atoms with van der Waals surface area (Å²) >= 11 is 0. The summed E-state index contributed by atoms with van der Waals surface area (Å²) in [6.07, 6.45) is 7.05. The van der Waals surface area contributed by atoms with Crippen LogP contribution in [0.5, 0.6) is 0 Å². The van der Waals surface area contributed by atoms with Crippen LogP contribution in [-0.4, -0.2) is 82.1 Å². The first-order valence-electron chi connectivity index (χ1n) is 16.6. The summed E-state index contributed by atoms with van der Waals surface area (Å²) in [4.78, 5) is 59.7. The topological polar surface area (TPSA) is 125 Å². The van der Waals surface area contributed by atoms with E-state index in [2.05, 4.69) is 5.32 Å². The molecular weight excluding hydrogens is 598 g/mol. The van der Waals surface area contributed by atoms with Crippen molar-refractivity contribution >= 4 is 23.7 Å². The van der Waals surface area contributed by atoms with Gasteiger partial charge in [0.25, 0.3) is 0 Å². The van der Waals surface area contributed by atoms with Gasteiger partial charge in [-0.15, -0.1) is 0 Å². The van der Waals surface area contributed by atoms with Crippen molar-refractivity contribution in [2.24, 2.45) is 17.8 Å². The number of ether oxygens (including phenoxy) is 2. The number of carbonyl (C=O) groups is 4. The van der Waals surface area contributed by atoms with Gasteiger partial charge in [-0.1, -0.05) is 105 Å². The molecule has 1 spiro atoms. The fourth-order valence-corrected chi connectivity index (χ4v) is 7.48. The number of hydrogen-bond donors (Lipinski definition) is 2. The van der Waals surface area contributed by atoms with Crippen LogP contribution < -0.4 is 5.32 Å². The maximum absolute atomic E-state index is 14.9. The molecule has 2 aromatic carbocycles. The van der Waals surface area contributed by atoms with Crippen LogP contribution in [0.2, 0.25) is 0 Å². The predicted octanol–water partition coefficient (Wildman–Crippen LogP) is 3.32. The average Bonchev–Trinajstić information content (AvgIpc) is 3.74. The van der Waals surface area contributed by atoms with Gasteiger partial charge in [-0.25, -0.2) is 0 Å². The van der Waals surface area contributed by atoms with Crippen molar-refractivity contribution in [2.45, 2.75) is 69.5 Å². The van der Waals surface area contributed by atoms with E-state index in [0.717, 1.165) is 5.56 Å². The van der Waals surface area contributed by atoms with Crippen LogP contribution in [0.1, 0.15) is 50.3 Å². The average molecular weight is 642 g/mol. The maximum atomic E-state index is 14.9. The lowest BCUT2D eigenvalue weighted by Crippen LogP contribution is -2.59. The number of allylic oxidation sites excluding steroid dienone is 1. The molecule has 2 fully saturated rings. The minimum Gasteiger partial charge on any atom is -0.455 e. The lowest BCUT2D eigenvalue weighted by atomic mass is 9.74. The van der Waals surface area contributed by atoms with Gasteiger partial charge in [-0.05, 0) is 23.5 Å². The molecule has 0 aromatic heterocycles. The van der Waals surface area contributed by atoms with E-state index in [1.165, 1.54) is 4.90 Å². The zero-order chi connectivity index (χ0) is 33.1. The summed E-state index contributed by atoms with van der Waals surface area (Å²) in [5.74, 6) is -3.73. The highest BCUT2D eigenvalue weighted by Crippen LogP contribution is 2.56. The molecule has 10 nitrogen and oxygen atoms in total. The Morgan fingerprint density at radius 1 is 1.00 bits per heavy atom. The van der Waals surface area contributed by atoms with E-state index < -0.39 is 53.6 Å². The Bertz CT molecular complexity index is 1530. The first-order chi connectivity index (χ1) is 22.8. The molecule has 0 saturated carbocycles. The Hall–Kier alpha value is -4.28. The first-order valence-corrected chi connectivity index (χ1v) is 16.6. The van der Waals surface area contributed by atoms with E-state index in [1.54, 1.807) is 17.1 Å². The fraction of sp³-hybridized carbons (Fsp3) is 0.459. The zero-order valence-corrected chi connectivity index (χ0v) is 26.9. The number of benzene rings is 2. The van der Waals surface area contributed by atoms with E-state index in [4.69, 9.17) is 9.47 Å². The number of fused-ring (bicyclic) bond motifs is 2. The molecule has 4 heterocycles. The van der Waals surface area contributed by atoms with Crippen molar-refractivity contribution in [3.05, 3.63) is 96.1 Å². The van der Waals surface area contributed by atoms with Crippen molar-refractivity contribution in [1.82, 2.24) is 15.1 Å². The predicted molar refractivity (Wildman–Crippen MR) is 173 cm³/mol. The van der Waals surface area contributed by atoms with Gasteiger partial charge < -0.3 is 29.7 Å². The van der Waals surface area contributed by atoms with Crippen molar-refractivity contribution in [3.8, 4) is 0 Å². The number of rotatable bonds is 7. The van der Waals surface area contributed by atoms with Gasteiger partial charge in [-0.3, -0.25) is 19.2 Å². The monoisotopic (exact) mass is 641 g/mol. The number of nitrogens with one attached hydrogen (secondary N) is 1. The summed E-state index contributed by atoms with van der Waals surface area (Å²) in [7, 11) is 0. The Kier molecular flexibility index (Phi) is 9.61. The number of esters is 1. The second-order valence-corrected chi connectivity index (χ2v) is 12.9. The second kappa shape index (κ2) is 13.8. The minimum atomic E-state index is -1.41. The van der Waals surface area contributed by atoms with Gasteiger partial charge in [0.1, 0.15) is 23.7 Å². The maximum Gasteiger partial charge on any atom is 0.313 e. The number of amides is 3. The van der Waals surface area contributed by atoms with Gasteiger partial charge in [-0.2, -0.15) is 0 Å². The molecule has 4 aliphatic heterocycles. The van der Waals surface area contributed by atoms with Gasteiger partial charge >= 0.3 is 5.97 Å². The Morgan fingerprint density at radius 3 is 2.43 bits per heavy atom. The molecule has 5 bridgehead atoms. The molecule has 0 unspecified atom stereocenters. The highest BCUT2D eigenvalue weighted by Gasteiger charge is 2.74. The van der Waals surface area contributed by atoms with E-state index in [1.807, 2.05) is 86.7 Å². The molecule has 2 N–H and O–H groups in total. The number of aliphatic hydroxyl groups excluding tert-OH is 1. The van der Waals surface area contributed by atoms with Crippen LogP contribution in [0.15, 0.2) is 85.0 Å². The van der Waals surface area contributed by atoms with E-state index in [9.17, 15) is 24.3 Å². The SMILES string of the molecule is CC[C@H](C)[C@H](CO)N1C(=O)[C@H]2[C@@H]3C(=O)O[C@H](c4ccccc4)CNC(=O)CC/C=C\CN(Cc4ccccc4)C(=O)[C@H]1[C@@]21C=C[C@@H]3O1. The third-order valence-electron chi connectivity index (χ3n) is 10.1. The van der Waals surface area contributed by atoms with Crippen LogP contribution in [0.4, 0.5) is 0 Å². The molecule has 2 aromatic rings. The fourth-order valence-electron chi connectivity index (χ4n) is 7.48.